The van der Waals surface area contributed by atoms with Crippen molar-refractivity contribution in [3.05, 3.63) is 82.5 Å². The Kier molecular flexibility index (Phi) is 5.84. The van der Waals surface area contributed by atoms with Crippen molar-refractivity contribution in [2.45, 2.75) is 12.8 Å². The third-order valence-electron chi connectivity index (χ3n) is 4.47. The average Bonchev–Trinajstić information content (AvgIpc) is 2.74. The van der Waals surface area contributed by atoms with Gasteiger partial charge in [-0.3, -0.25) is 0 Å². The summed E-state index contributed by atoms with van der Waals surface area (Å²) in [6, 6.07) is 14.8. The molecular weight excluding hydrogens is 375 g/mol. The maximum Gasteiger partial charge on any atom is 0.338 e. The summed E-state index contributed by atoms with van der Waals surface area (Å²) in [6.45, 7) is 1.75. The van der Waals surface area contributed by atoms with Crippen molar-refractivity contribution >= 4 is 11.7 Å². The highest BCUT2D eigenvalue weighted by Gasteiger charge is 2.39. The normalized spacial score (nSPS) is 16.1. The van der Waals surface area contributed by atoms with E-state index in [2.05, 4.69) is 0 Å². The Labute approximate surface area is 167 Å². The van der Waals surface area contributed by atoms with E-state index in [9.17, 15) is 14.4 Å². The fraction of sp³-hybridized carbons (Fsp3) is 0.182. The maximum atomic E-state index is 14.8. The molecule has 0 aliphatic carbocycles. The van der Waals surface area contributed by atoms with Crippen LogP contribution in [0.3, 0.4) is 0 Å². The fourth-order valence-electron chi connectivity index (χ4n) is 3.16. The van der Waals surface area contributed by atoms with Crippen molar-refractivity contribution in [3.63, 3.8) is 0 Å². The SMILES string of the molecule is CCOC(=O)C1=C(c2ccccc2)OC(N)=C(C#N)[C@H]1c1cc(OC)ccc1F. The number of nitriles is 1. The molecule has 1 aliphatic rings. The number of esters is 1. The third kappa shape index (κ3) is 3.78. The molecule has 1 heterocycles. The summed E-state index contributed by atoms with van der Waals surface area (Å²) in [6.07, 6.45) is 0. The van der Waals surface area contributed by atoms with Crippen molar-refractivity contribution < 1.29 is 23.4 Å². The summed E-state index contributed by atoms with van der Waals surface area (Å²) >= 11 is 0. The molecule has 0 spiro atoms. The van der Waals surface area contributed by atoms with E-state index < -0.39 is 17.7 Å². The average molecular weight is 394 g/mol. The van der Waals surface area contributed by atoms with Crippen molar-refractivity contribution in [3.8, 4) is 11.8 Å². The van der Waals surface area contributed by atoms with E-state index in [0.29, 0.717) is 11.3 Å². The summed E-state index contributed by atoms with van der Waals surface area (Å²) in [5, 5.41) is 9.70. The number of carbonyl (C=O) groups excluding carboxylic acids is 1. The van der Waals surface area contributed by atoms with Crippen LogP contribution < -0.4 is 10.5 Å². The topological polar surface area (TPSA) is 94.6 Å². The lowest BCUT2D eigenvalue weighted by atomic mass is 9.81. The van der Waals surface area contributed by atoms with E-state index in [-0.39, 0.29) is 35.0 Å². The molecule has 0 radical (unpaired) electrons. The highest BCUT2D eigenvalue weighted by atomic mass is 19.1. The smallest absolute Gasteiger partial charge is 0.338 e. The number of allylic oxidation sites excluding steroid dienone is 1. The predicted molar refractivity (Wildman–Crippen MR) is 104 cm³/mol. The number of carbonyl (C=O) groups is 1. The first-order valence-corrected chi connectivity index (χ1v) is 8.89. The largest absolute Gasteiger partial charge is 0.497 e. The van der Waals surface area contributed by atoms with E-state index in [1.807, 2.05) is 6.07 Å². The van der Waals surface area contributed by atoms with Crippen LogP contribution >= 0.6 is 0 Å². The second-order valence-corrected chi connectivity index (χ2v) is 6.14. The lowest BCUT2D eigenvalue weighted by Gasteiger charge is -2.28. The van der Waals surface area contributed by atoms with Crippen molar-refractivity contribution in [1.82, 2.24) is 0 Å². The molecule has 0 aromatic heterocycles. The van der Waals surface area contributed by atoms with Gasteiger partial charge in [0.15, 0.2) is 0 Å². The summed E-state index contributed by atoms with van der Waals surface area (Å²) in [4.78, 5) is 12.9. The number of hydrogen-bond donors (Lipinski definition) is 1. The van der Waals surface area contributed by atoms with E-state index in [1.165, 1.54) is 25.3 Å². The number of benzene rings is 2. The molecule has 1 atom stereocenters. The minimum absolute atomic E-state index is 0.00375. The number of ether oxygens (including phenoxy) is 3. The summed E-state index contributed by atoms with van der Waals surface area (Å²) < 4.78 is 30.9. The minimum Gasteiger partial charge on any atom is -0.497 e. The van der Waals surface area contributed by atoms with Crippen molar-refractivity contribution in [2.24, 2.45) is 5.73 Å². The van der Waals surface area contributed by atoms with Crippen LogP contribution in [0.1, 0.15) is 24.0 Å². The van der Waals surface area contributed by atoms with Gasteiger partial charge in [0.1, 0.15) is 29.0 Å². The number of halogens is 1. The molecule has 29 heavy (non-hydrogen) atoms. The van der Waals surface area contributed by atoms with Gasteiger partial charge < -0.3 is 19.9 Å². The van der Waals surface area contributed by atoms with Crippen molar-refractivity contribution in [1.29, 1.82) is 5.26 Å². The number of hydrogen-bond acceptors (Lipinski definition) is 6. The molecule has 2 aromatic carbocycles. The molecule has 2 aromatic rings. The first-order chi connectivity index (χ1) is 14.0. The molecule has 6 nitrogen and oxygen atoms in total. The van der Waals surface area contributed by atoms with Gasteiger partial charge in [0.05, 0.1) is 25.2 Å². The van der Waals surface area contributed by atoms with Crippen LogP contribution in [0.25, 0.3) is 5.76 Å². The predicted octanol–water partition coefficient (Wildman–Crippen LogP) is 3.62. The Balaban J connectivity index is 2.33. The molecule has 0 bridgehead atoms. The lowest BCUT2D eigenvalue weighted by Crippen LogP contribution is -2.26. The zero-order valence-corrected chi connectivity index (χ0v) is 15.9. The fourth-order valence-corrected chi connectivity index (χ4v) is 3.16. The van der Waals surface area contributed by atoms with Crippen LogP contribution in [0.5, 0.6) is 5.75 Å². The minimum atomic E-state index is -1.11. The molecule has 148 valence electrons. The Morgan fingerprint density at radius 1 is 1.28 bits per heavy atom. The van der Waals surface area contributed by atoms with Gasteiger partial charge in [-0.15, -0.1) is 0 Å². The van der Waals surface area contributed by atoms with Gasteiger partial charge >= 0.3 is 5.97 Å². The summed E-state index contributed by atoms with van der Waals surface area (Å²) in [7, 11) is 1.44. The van der Waals surface area contributed by atoms with Gasteiger partial charge in [-0.2, -0.15) is 5.26 Å². The van der Waals surface area contributed by atoms with Gasteiger partial charge in [-0.1, -0.05) is 30.3 Å². The molecule has 7 heteroatoms. The van der Waals surface area contributed by atoms with Gasteiger partial charge in [0.25, 0.3) is 0 Å². The molecule has 0 saturated heterocycles. The van der Waals surface area contributed by atoms with Gasteiger partial charge in [-0.25, -0.2) is 9.18 Å². The number of nitrogens with two attached hydrogens (primary N) is 1. The molecule has 0 saturated carbocycles. The highest BCUT2D eigenvalue weighted by molar-refractivity contribution is 5.99. The molecule has 0 fully saturated rings. The lowest BCUT2D eigenvalue weighted by molar-refractivity contribution is -0.138. The third-order valence-corrected chi connectivity index (χ3v) is 4.47. The quantitative estimate of drug-likeness (QED) is 0.779. The number of nitrogens with zero attached hydrogens (tertiary/aromatic N) is 1. The molecule has 2 N–H and O–H groups in total. The van der Waals surface area contributed by atoms with E-state index in [4.69, 9.17) is 19.9 Å². The first kappa shape index (κ1) is 20.0. The van der Waals surface area contributed by atoms with Gasteiger partial charge in [-0.05, 0) is 25.1 Å². The first-order valence-electron chi connectivity index (χ1n) is 8.89. The molecule has 3 rings (SSSR count). The van der Waals surface area contributed by atoms with Crippen LogP contribution in [0.4, 0.5) is 4.39 Å². The zero-order chi connectivity index (χ0) is 21.0. The number of methoxy groups -OCH3 is 1. The molecule has 0 unspecified atom stereocenters. The standard InChI is InChI=1S/C22H19FN2O4/c1-3-28-22(26)19-18(15-11-14(27-2)9-10-17(15)23)16(12-24)21(25)29-20(19)13-7-5-4-6-8-13/h4-11,18H,3,25H2,1-2H3/t18-/m1/s1. The van der Waals surface area contributed by atoms with Crippen LogP contribution in [0, 0.1) is 17.1 Å². The van der Waals surface area contributed by atoms with Crippen LogP contribution in [-0.4, -0.2) is 19.7 Å². The molecule has 0 amide bonds. The second kappa shape index (κ2) is 8.48. The van der Waals surface area contributed by atoms with Crippen LogP contribution in [-0.2, 0) is 14.3 Å². The number of rotatable bonds is 5. The zero-order valence-electron chi connectivity index (χ0n) is 15.9. The van der Waals surface area contributed by atoms with E-state index in [1.54, 1.807) is 37.3 Å². The van der Waals surface area contributed by atoms with Crippen LogP contribution in [0.2, 0.25) is 0 Å². The Morgan fingerprint density at radius 2 is 2.00 bits per heavy atom. The highest BCUT2D eigenvalue weighted by Crippen LogP contribution is 2.44. The van der Waals surface area contributed by atoms with E-state index in [0.717, 1.165) is 0 Å². The molecular formula is C22H19FN2O4. The summed E-state index contributed by atoms with van der Waals surface area (Å²) in [5.74, 6) is -2.17. The molecule has 1 aliphatic heterocycles. The Bertz CT molecular complexity index is 1040. The van der Waals surface area contributed by atoms with E-state index >= 15 is 0 Å². The summed E-state index contributed by atoms with van der Waals surface area (Å²) in [5.41, 5.74) is 6.51. The Morgan fingerprint density at radius 3 is 2.62 bits per heavy atom. The maximum absolute atomic E-state index is 14.8. The Hall–Kier alpha value is -3.79. The van der Waals surface area contributed by atoms with Crippen LogP contribution in [0.15, 0.2) is 65.6 Å². The van der Waals surface area contributed by atoms with Gasteiger partial charge in [0.2, 0.25) is 5.88 Å². The van der Waals surface area contributed by atoms with Gasteiger partial charge in [0, 0.05) is 11.1 Å². The van der Waals surface area contributed by atoms with Crippen molar-refractivity contribution in [2.75, 3.05) is 13.7 Å². The monoisotopic (exact) mass is 394 g/mol. The second-order valence-electron chi connectivity index (χ2n) is 6.14.